The van der Waals surface area contributed by atoms with E-state index in [4.69, 9.17) is 16.4 Å². The van der Waals surface area contributed by atoms with Gasteiger partial charge >= 0.3 is 0 Å². The van der Waals surface area contributed by atoms with Crippen LogP contribution in [0.4, 0.5) is 8.78 Å². The van der Waals surface area contributed by atoms with Crippen LogP contribution in [0.15, 0.2) is 35.6 Å². The van der Waals surface area contributed by atoms with Crippen LogP contribution in [0.3, 0.4) is 0 Å². The van der Waals surface area contributed by atoms with Gasteiger partial charge in [0, 0.05) is 18.2 Å². The molecule has 0 fully saturated rings. The van der Waals surface area contributed by atoms with Crippen molar-refractivity contribution in [3.63, 3.8) is 0 Å². The first-order valence-corrected chi connectivity index (χ1v) is 7.21. The van der Waals surface area contributed by atoms with Gasteiger partial charge in [0.1, 0.15) is 16.3 Å². The SMILES string of the molecule is Fc1cccc(F)c1-c1cc(Cl)cnc1C1CC(Br)=NO1. The lowest BCUT2D eigenvalue weighted by Crippen LogP contribution is -2.05. The molecule has 7 heteroatoms. The second kappa shape index (κ2) is 5.69. The quantitative estimate of drug-likeness (QED) is 0.754. The summed E-state index contributed by atoms with van der Waals surface area (Å²) in [6.07, 6.45) is 1.34. The number of aromatic nitrogens is 1. The summed E-state index contributed by atoms with van der Waals surface area (Å²) in [5.41, 5.74) is 0.483. The standard InChI is InChI=1S/C14H8BrClF2N2O/c15-12-5-11(21-20-12)14-8(4-7(16)6-19-14)13-9(17)2-1-3-10(13)18/h1-4,6,11H,5H2. The van der Waals surface area contributed by atoms with E-state index in [1.807, 2.05) is 0 Å². The number of oxime groups is 1. The zero-order chi connectivity index (χ0) is 15.0. The number of hydrogen-bond donors (Lipinski definition) is 0. The van der Waals surface area contributed by atoms with Gasteiger partial charge in [-0.05, 0) is 34.1 Å². The van der Waals surface area contributed by atoms with Gasteiger partial charge in [0.15, 0.2) is 6.10 Å². The van der Waals surface area contributed by atoms with Gasteiger partial charge in [-0.2, -0.15) is 0 Å². The molecule has 0 N–H and O–H groups in total. The molecule has 3 nitrogen and oxygen atoms in total. The Balaban J connectivity index is 2.16. The van der Waals surface area contributed by atoms with E-state index in [2.05, 4.69) is 26.1 Å². The summed E-state index contributed by atoms with van der Waals surface area (Å²) < 4.78 is 28.7. The van der Waals surface area contributed by atoms with Crippen molar-refractivity contribution in [2.45, 2.75) is 12.5 Å². The molecule has 0 amide bonds. The molecule has 21 heavy (non-hydrogen) atoms. The predicted octanol–water partition coefficient (Wildman–Crippen LogP) is 4.85. The van der Waals surface area contributed by atoms with Crippen molar-refractivity contribution >= 4 is 32.2 Å². The lowest BCUT2D eigenvalue weighted by Gasteiger charge is -2.14. The smallest absolute Gasteiger partial charge is 0.176 e. The summed E-state index contributed by atoms with van der Waals surface area (Å²) in [5, 5.41) is 4.06. The summed E-state index contributed by atoms with van der Waals surface area (Å²) in [7, 11) is 0. The van der Waals surface area contributed by atoms with Crippen LogP contribution in [0.5, 0.6) is 0 Å². The number of hydrogen-bond acceptors (Lipinski definition) is 3. The number of halogens is 4. The number of pyridine rings is 1. The molecule has 1 aromatic carbocycles. The molecule has 1 aromatic heterocycles. The van der Waals surface area contributed by atoms with Gasteiger partial charge in [0.2, 0.25) is 0 Å². The zero-order valence-corrected chi connectivity index (χ0v) is 12.8. The van der Waals surface area contributed by atoms with E-state index in [-0.39, 0.29) is 16.1 Å². The molecule has 1 aliphatic heterocycles. The topological polar surface area (TPSA) is 34.5 Å². The van der Waals surface area contributed by atoms with Crippen LogP contribution in [0.2, 0.25) is 5.02 Å². The van der Waals surface area contributed by atoms with Crippen molar-refractivity contribution in [2.24, 2.45) is 5.16 Å². The van der Waals surface area contributed by atoms with Crippen LogP contribution in [-0.4, -0.2) is 9.60 Å². The second-order valence-corrected chi connectivity index (χ2v) is 5.80. The third-order valence-electron chi connectivity index (χ3n) is 3.06. The first-order chi connectivity index (χ1) is 10.1. The summed E-state index contributed by atoms with van der Waals surface area (Å²) in [6, 6.07) is 5.15. The fraction of sp³-hybridized carbons (Fsp3) is 0.143. The molecule has 1 aliphatic rings. The highest BCUT2D eigenvalue weighted by atomic mass is 79.9. The maximum atomic E-state index is 14.0. The average molecular weight is 374 g/mol. The monoisotopic (exact) mass is 372 g/mol. The van der Waals surface area contributed by atoms with E-state index >= 15 is 0 Å². The molecule has 0 radical (unpaired) electrons. The molecule has 0 aliphatic carbocycles. The zero-order valence-electron chi connectivity index (χ0n) is 10.5. The van der Waals surface area contributed by atoms with Crippen LogP contribution in [0, 0.1) is 11.6 Å². The van der Waals surface area contributed by atoms with Crippen LogP contribution in [0.1, 0.15) is 18.2 Å². The van der Waals surface area contributed by atoms with Crippen molar-refractivity contribution in [1.82, 2.24) is 4.98 Å². The molecule has 108 valence electrons. The Labute approximate surface area is 132 Å². The first-order valence-electron chi connectivity index (χ1n) is 6.04. The summed E-state index contributed by atoms with van der Waals surface area (Å²) in [4.78, 5) is 9.39. The molecule has 1 unspecified atom stereocenters. The lowest BCUT2D eigenvalue weighted by molar-refractivity contribution is 0.0830. The maximum Gasteiger partial charge on any atom is 0.176 e. The van der Waals surface area contributed by atoms with E-state index in [9.17, 15) is 8.78 Å². The van der Waals surface area contributed by atoms with Crippen molar-refractivity contribution in [1.29, 1.82) is 0 Å². The van der Waals surface area contributed by atoms with Crippen LogP contribution in [0.25, 0.3) is 11.1 Å². The molecular formula is C14H8BrClF2N2O. The highest BCUT2D eigenvalue weighted by Crippen LogP contribution is 2.37. The van der Waals surface area contributed by atoms with E-state index in [0.717, 1.165) is 0 Å². The van der Waals surface area contributed by atoms with Crippen LogP contribution in [-0.2, 0) is 4.84 Å². The van der Waals surface area contributed by atoms with Crippen molar-refractivity contribution in [3.05, 3.63) is 52.8 Å². The van der Waals surface area contributed by atoms with E-state index in [0.29, 0.717) is 16.7 Å². The van der Waals surface area contributed by atoms with Gasteiger partial charge in [0.25, 0.3) is 0 Å². The van der Waals surface area contributed by atoms with Crippen LogP contribution >= 0.6 is 27.5 Å². The third kappa shape index (κ3) is 2.78. The second-order valence-electron chi connectivity index (χ2n) is 4.45. The Kier molecular flexibility index (Phi) is 3.91. The molecular weight excluding hydrogens is 366 g/mol. The molecule has 0 saturated heterocycles. The Morgan fingerprint density at radius 2 is 2.00 bits per heavy atom. The van der Waals surface area contributed by atoms with Gasteiger partial charge in [-0.1, -0.05) is 22.8 Å². The number of benzene rings is 1. The Hall–Kier alpha value is -1.53. The molecule has 0 bridgehead atoms. The van der Waals surface area contributed by atoms with Crippen molar-refractivity contribution in [2.75, 3.05) is 0 Å². The Morgan fingerprint density at radius 1 is 1.29 bits per heavy atom. The van der Waals surface area contributed by atoms with Crippen molar-refractivity contribution in [3.8, 4) is 11.1 Å². The Bertz CT molecular complexity index is 719. The van der Waals surface area contributed by atoms with Crippen molar-refractivity contribution < 1.29 is 13.6 Å². The van der Waals surface area contributed by atoms with Gasteiger partial charge in [-0.25, -0.2) is 8.78 Å². The molecule has 2 heterocycles. The first kappa shape index (κ1) is 14.4. The Morgan fingerprint density at radius 3 is 2.62 bits per heavy atom. The summed E-state index contributed by atoms with van der Waals surface area (Å²) >= 11 is 9.14. The molecule has 1 atom stereocenters. The van der Waals surface area contributed by atoms with Crippen LogP contribution < -0.4 is 0 Å². The lowest BCUT2D eigenvalue weighted by atomic mass is 9.99. The van der Waals surface area contributed by atoms with E-state index in [1.54, 1.807) is 0 Å². The van der Waals surface area contributed by atoms with E-state index < -0.39 is 17.7 Å². The summed E-state index contributed by atoms with van der Waals surface area (Å²) in [5.74, 6) is -1.36. The third-order valence-corrected chi connectivity index (χ3v) is 3.73. The highest BCUT2D eigenvalue weighted by molar-refractivity contribution is 9.18. The largest absolute Gasteiger partial charge is 0.385 e. The molecule has 2 aromatic rings. The van der Waals surface area contributed by atoms with Gasteiger partial charge < -0.3 is 4.84 Å². The predicted molar refractivity (Wildman–Crippen MR) is 79.4 cm³/mol. The molecule has 0 saturated carbocycles. The minimum absolute atomic E-state index is 0.172. The molecule has 3 rings (SSSR count). The normalized spacial score (nSPS) is 17.5. The molecule has 0 spiro atoms. The van der Waals surface area contributed by atoms with Gasteiger partial charge in [-0.15, -0.1) is 0 Å². The van der Waals surface area contributed by atoms with Gasteiger partial charge in [-0.3, -0.25) is 4.98 Å². The maximum absolute atomic E-state index is 14.0. The minimum atomic E-state index is -0.682. The average Bonchev–Trinajstić information content (AvgIpc) is 2.85. The van der Waals surface area contributed by atoms with E-state index in [1.165, 1.54) is 30.5 Å². The number of nitrogens with zero attached hydrogens (tertiary/aromatic N) is 2. The highest BCUT2D eigenvalue weighted by Gasteiger charge is 2.28. The fourth-order valence-corrected chi connectivity index (χ4v) is 2.69. The fourth-order valence-electron chi connectivity index (χ4n) is 2.16. The van der Waals surface area contributed by atoms with Gasteiger partial charge in [0.05, 0.1) is 16.3 Å². The summed E-state index contributed by atoms with van der Waals surface area (Å²) in [6.45, 7) is 0. The number of rotatable bonds is 2. The minimum Gasteiger partial charge on any atom is -0.385 e.